The van der Waals surface area contributed by atoms with E-state index in [1.54, 1.807) is 4.68 Å². The van der Waals surface area contributed by atoms with Gasteiger partial charge >= 0.3 is 0 Å². The van der Waals surface area contributed by atoms with Gasteiger partial charge in [0.2, 0.25) is 0 Å². The Morgan fingerprint density at radius 2 is 2.13 bits per heavy atom. The topological polar surface area (TPSA) is 89.3 Å². The van der Waals surface area contributed by atoms with E-state index in [1.165, 1.54) is 32.1 Å². The van der Waals surface area contributed by atoms with Crippen molar-refractivity contribution in [2.24, 2.45) is 11.8 Å². The first kappa shape index (κ1) is 22.0. The number of amides is 1. The van der Waals surface area contributed by atoms with E-state index in [2.05, 4.69) is 22.6 Å². The molecule has 0 spiro atoms. The molecule has 2 heterocycles. The summed E-state index contributed by atoms with van der Waals surface area (Å²) < 4.78 is 7.80. The van der Waals surface area contributed by atoms with Crippen LogP contribution in [0.4, 0.5) is 0 Å². The summed E-state index contributed by atoms with van der Waals surface area (Å²) in [5.74, 6) is 0.632. The standard InChI is InChI=1S/C24H34N4O3/c1-16-7-6-10-19(11-16)24(30)25-21-15-31-23(17(21)2)22(14-29)28-13-20(26-27-28)12-18-8-4-3-5-9-18/h6-7,10-11,13,17-18,21-23,29H,3-5,8-9,12,14-15H2,1-2H3,(H,25,30)/t17-,21+,22+,23+/m1/s1. The molecule has 1 amide bonds. The zero-order valence-corrected chi connectivity index (χ0v) is 18.5. The third-order valence-electron chi connectivity index (χ3n) is 6.90. The summed E-state index contributed by atoms with van der Waals surface area (Å²) in [6.07, 6.45) is 9.16. The second-order valence-corrected chi connectivity index (χ2v) is 9.25. The van der Waals surface area contributed by atoms with Gasteiger partial charge in [-0.1, -0.05) is 61.9 Å². The third kappa shape index (κ3) is 5.15. The number of aliphatic hydroxyl groups excluding tert-OH is 1. The van der Waals surface area contributed by atoms with Crippen molar-refractivity contribution in [2.75, 3.05) is 13.2 Å². The van der Waals surface area contributed by atoms with Gasteiger partial charge in [0.15, 0.2) is 0 Å². The highest BCUT2D eigenvalue weighted by Crippen LogP contribution is 2.31. The van der Waals surface area contributed by atoms with Gasteiger partial charge in [-0.15, -0.1) is 5.10 Å². The SMILES string of the molecule is Cc1cccc(C(=O)N[C@H]2CO[C@H]([C@H](CO)n3cc(CC4CCCCC4)nn3)[C@@H]2C)c1. The van der Waals surface area contributed by atoms with E-state index in [9.17, 15) is 9.90 Å². The Bertz CT molecular complexity index is 877. The molecule has 1 aromatic carbocycles. The molecular formula is C24H34N4O3. The predicted octanol–water partition coefficient (Wildman–Crippen LogP) is 3.08. The first-order valence-electron chi connectivity index (χ1n) is 11.6. The fourth-order valence-corrected chi connectivity index (χ4v) is 5.01. The smallest absolute Gasteiger partial charge is 0.251 e. The number of benzene rings is 1. The highest BCUT2D eigenvalue weighted by atomic mass is 16.5. The highest BCUT2D eigenvalue weighted by molar-refractivity contribution is 5.94. The summed E-state index contributed by atoms with van der Waals surface area (Å²) in [6, 6.07) is 7.13. The van der Waals surface area contributed by atoms with Gasteiger partial charge in [0.25, 0.3) is 5.91 Å². The maximum absolute atomic E-state index is 12.7. The lowest BCUT2D eigenvalue weighted by atomic mass is 9.86. The molecule has 7 nitrogen and oxygen atoms in total. The average molecular weight is 427 g/mol. The Morgan fingerprint density at radius 1 is 1.32 bits per heavy atom. The molecule has 0 bridgehead atoms. The third-order valence-corrected chi connectivity index (χ3v) is 6.90. The van der Waals surface area contributed by atoms with Crippen LogP contribution in [0, 0.1) is 18.8 Å². The molecule has 1 aromatic heterocycles. The van der Waals surface area contributed by atoms with Crippen LogP contribution >= 0.6 is 0 Å². The number of hydrogen-bond donors (Lipinski definition) is 2. The second kappa shape index (κ2) is 9.92. The van der Waals surface area contributed by atoms with E-state index in [1.807, 2.05) is 37.4 Å². The molecule has 31 heavy (non-hydrogen) atoms. The summed E-state index contributed by atoms with van der Waals surface area (Å²) >= 11 is 0. The minimum Gasteiger partial charge on any atom is -0.394 e. The number of hydrogen-bond acceptors (Lipinski definition) is 5. The molecule has 168 valence electrons. The number of rotatable bonds is 7. The fraction of sp³-hybridized carbons (Fsp3) is 0.625. The number of aliphatic hydroxyl groups is 1. The Balaban J connectivity index is 1.38. The Labute approximate surface area is 184 Å². The Hall–Kier alpha value is -2.25. The van der Waals surface area contributed by atoms with Crippen molar-refractivity contribution in [3.05, 3.63) is 47.3 Å². The number of nitrogens with one attached hydrogen (secondary N) is 1. The van der Waals surface area contributed by atoms with E-state index < -0.39 is 0 Å². The maximum Gasteiger partial charge on any atom is 0.251 e. The number of aromatic nitrogens is 3. The van der Waals surface area contributed by atoms with Crippen LogP contribution in [0.15, 0.2) is 30.5 Å². The van der Waals surface area contributed by atoms with E-state index in [0.717, 1.165) is 17.7 Å². The van der Waals surface area contributed by atoms with Crippen molar-refractivity contribution < 1.29 is 14.6 Å². The van der Waals surface area contributed by atoms with Gasteiger partial charge in [0.05, 0.1) is 31.1 Å². The highest BCUT2D eigenvalue weighted by Gasteiger charge is 2.40. The minimum absolute atomic E-state index is 0.0388. The van der Waals surface area contributed by atoms with Gasteiger partial charge in [0.1, 0.15) is 6.04 Å². The summed E-state index contributed by atoms with van der Waals surface area (Å²) in [7, 11) is 0. The summed E-state index contributed by atoms with van der Waals surface area (Å²) in [5.41, 5.74) is 2.69. The molecule has 1 aliphatic heterocycles. The maximum atomic E-state index is 12.7. The van der Waals surface area contributed by atoms with Crippen molar-refractivity contribution in [1.82, 2.24) is 20.3 Å². The van der Waals surface area contributed by atoms with Gasteiger partial charge in [-0.05, 0) is 31.4 Å². The number of nitrogens with zero attached hydrogens (tertiary/aromatic N) is 3. The largest absolute Gasteiger partial charge is 0.394 e. The fourth-order valence-electron chi connectivity index (χ4n) is 5.01. The Morgan fingerprint density at radius 3 is 2.87 bits per heavy atom. The first-order valence-corrected chi connectivity index (χ1v) is 11.6. The van der Waals surface area contributed by atoms with Crippen LogP contribution in [0.3, 0.4) is 0 Å². The lowest BCUT2D eigenvalue weighted by Gasteiger charge is -2.26. The van der Waals surface area contributed by atoms with Crippen LogP contribution in [-0.4, -0.2) is 51.4 Å². The van der Waals surface area contributed by atoms with Crippen molar-refractivity contribution in [3.63, 3.8) is 0 Å². The summed E-state index contributed by atoms with van der Waals surface area (Å²) in [6.45, 7) is 4.37. The van der Waals surface area contributed by atoms with Crippen molar-refractivity contribution >= 4 is 5.91 Å². The molecule has 4 atom stereocenters. The molecule has 0 radical (unpaired) electrons. The van der Waals surface area contributed by atoms with Gasteiger partial charge in [-0.2, -0.15) is 0 Å². The quantitative estimate of drug-likeness (QED) is 0.710. The number of ether oxygens (including phenoxy) is 1. The van der Waals surface area contributed by atoms with Crippen LogP contribution in [-0.2, 0) is 11.2 Å². The lowest BCUT2D eigenvalue weighted by molar-refractivity contribution is 0.0206. The normalized spacial score (nSPS) is 25.5. The molecule has 4 rings (SSSR count). The first-order chi connectivity index (χ1) is 15.0. The molecule has 2 N–H and O–H groups in total. The molecule has 7 heteroatoms. The molecule has 2 aliphatic rings. The lowest BCUT2D eigenvalue weighted by Crippen LogP contribution is -2.41. The van der Waals surface area contributed by atoms with Crippen LogP contribution < -0.4 is 5.32 Å². The Kier molecular flexibility index (Phi) is 7.02. The average Bonchev–Trinajstić information content (AvgIpc) is 3.37. The van der Waals surface area contributed by atoms with Crippen LogP contribution in [0.25, 0.3) is 0 Å². The van der Waals surface area contributed by atoms with Gasteiger partial charge < -0.3 is 15.2 Å². The van der Waals surface area contributed by atoms with Crippen molar-refractivity contribution in [3.8, 4) is 0 Å². The predicted molar refractivity (Wildman–Crippen MR) is 118 cm³/mol. The van der Waals surface area contributed by atoms with Crippen molar-refractivity contribution in [1.29, 1.82) is 0 Å². The van der Waals surface area contributed by atoms with E-state index in [0.29, 0.717) is 18.1 Å². The van der Waals surface area contributed by atoms with Crippen LogP contribution in [0.5, 0.6) is 0 Å². The van der Waals surface area contributed by atoms with Gasteiger partial charge in [0, 0.05) is 17.7 Å². The zero-order valence-electron chi connectivity index (χ0n) is 18.5. The molecule has 1 saturated carbocycles. The number of carbonyl (C=O) groups excluding carboxylic acids is 1. The van der Waals surface area contributed by atoms with Gasteiger partial charge in [-0.25, -0.2) is 4.68 Å². The molecular weight excluding hydrogens is 392 g/mol. The minimum atomic E-state index is -0.316. The van der Waals surface area contributed by atoms with E-state index in [4.69, 9.17) is 4.74 Å². The number of carbonyl (C=O) groups is 1. The van der Waals surface area contributed by atoms with Crippen LogP contribution in [0.1, 0.15) is 66.7 Å². The van der Waals surface area contributed by atoms with Crippen LogP contribution in [0.2, 0.25) is 0 Å². The number of aryl methyl sites for hydroxylation is 1. The van der Waals surface area contributed by atoms with E-state index in [-0.39, 0.29) is 36.6 Å². The second-order valence-electron chi connectivity index (χ2n) is 9.25. The zero-order chi connectivity index (χ0) is 21.8. The molecule has 2 fully saturated rings. The molecule has 0 unspecified atom stereocenters. The molecule has 1 saturated heterocycles. The molecule has 1 aliphatic carbocycles. The van der Waals surface area contributed by atoms with Gasteiger partial charge in [-0.3, -0.25) is 4.79 Å². The van der Waals surface area contributed by atoms with Crippen molar-refractivity contribution in [2.45, 2.75) is 70.6 Å². The monoisotopic (exact) mass is 426 g/mol. The summed E-state index contributed by atoms with van der Waals surface area (Å²) in [5, 5.41) is 21.9. The van der Waals surface area contributed by atoms with E-state index >= 15 is 0 Å². The molecule has 2 aromatic rings. The summed E-state index contributed by atoms with van der Waals surface area (Å²) in [4.78, 5) is 12.7.